The molecule has 1 aliphatic heterocycles. The molecule has 3 rings (SSSR count). The van der Waals surface area contributed by atoms with Gasteiger partial charge in [0.05, 0.1) is 27.4 Å². The zero-order chi connectivity index (χ0) is 22.1. The van der Waals surface area contributed by atoms with Gasteiger partial charge >= 0.3 is 0 Å². The van der Waals surface area contributed by atoms with E-state index in [0.717, 1.165) is 49.2 Å². The fraction of sp³-hybridized carbons (Fsp3) is 0.458. The van der Waals surface area contributed by atoms with Crippen LogP contribution in [0.2, 0.25) is 0 Å². The highest BCUT2D eigenvalue weighted by Gasteiger charge is 2.24. The van der Waals surface area contributed by atoms with Gasteiger partial charge < -0.3 is 29.7 Å². The Labute approximate surface area is 185 Å². The number of rotatable bonds is 9. The Hall–Kier alpha value is -2.93. The van der Waals surface area contributed by atoms with Gasteiger partial charge in [-0.3, -0.25) is 0 Å². The maximum absolute atomic E-state index is 5.42. The van der Waals surface area contributed by atoms with Crippen molar-refractivity contribution in [1.29, 1.82) is 0 Å². The molecule has 2 N–H and O–H groups in total. The van der Waals surface area contributed by atoms with Crippen molar-refractivity contribution in [2.45, 2.75) is 32.5 Å². The smallest absolute Gasteiger partial charge is 0.191 e. The van der Waals surface area contributed by atoms with Crippen LogP contribution in [0.5, 0.6) is 11.5 Å². The third-order valence-electron chi connectivity index (χ3n) is 5.33. The average molecular weight is 427 g/mol. The Kier molecular flexibility index (Phi) is 8.41. The lowest BCUT2D eigenvalue weighted by Crippen LogP contribution is -2.44. The first kappa shape index (κ1) is 22.7. The first-order valence-electron chi connectivity index (χ1n) is 10.7. The molecule has 0 aliphatic carbocycles. The zero-order valence-corrected chi connectivity index (χ0v) is 19.0. The number of hydrogen-bond donors (Lipinski definition) is 2. The Morgan fingerprint density at radius 3 is 2.32 bits per heavy atom. The van der Waals surface area contributed by atoms with E-state index in [9.17, 15) is 0 Å². The summed E-state index contributed by atoms with van der Waals surface area (Å²) in [7, 11) is 5.07. The highest BCUT2D eigenvalue weighted by Crippen LogP contribution is 2.30. The lowest BCUT2D eigenvalue weighted by Gasteiger charge is -2.21. The normalized spacial score (nSPS) is 16.3. The predicted octanol–water partition coefficient (Wildman–Crippen LogP) is 3.18. The Bertz CT molecular complexity index is 832. The molecular formula is C24H34N4O3. The second-order valence-electron chi connectivity index (χ2n) is 7.59. The summed E-state index contributed by atoms with van der Waals surface area (Å²) in [6.45, 7) is 6.03. The monoisotopic (exact) mass is 426 g/mol. The summed E-state index contributed by atoms with van der Waals surface area (Å²) >= 11 is 0. The van der Waals surface area contributed by atoms with Crippen LogP contribution < -0.4 is 25.0 Å². The number of benzene rings is 2. The second-order valence-corrected chi connectivity index (χ2v) is 7.59. The topological polar surface area (TPSA) is 67.4 Å². The van der Waals surface area contributed by atoms with E-state index >= 15 is 0 Å². The number of hydrogen-bond acceptors (Lipinski definition) is 5. The minimum atomic E-state index is 0.319. The fourth-order valence-corrected chi connectivity index (χ4v) is 3.68. The lowest BCUT2D eigenvalue weighted by molar-refractivity contribution is 0.185. The van der Waals surface area contributed by atoms with Crippen LogP contribution in [0.4, 0.5) is 5.69 Å². The molecule has 1 saturated heterocycles. The number of nitrogens with one attached hydrogen (secondary N) is 2. The van der Waals surface area contributed by atoms with Crippen LogP contribution in [0.3, 0.4) is 0 Å². The first-order valence-corrected chi connectivity index (χ1v) is 10.7. The van der Waals surface area contributed by atoms with E-state index in [1.807, 2.05) is 6.07 Å². The van der Waals surface area contributed by atoms with E-state index in [4.69, 9.17) is 19.2 Å². The van der Waals surface area contributed by atoms with Gasteiger partial charge in [0.1, 0.15) is 11.5 Å². The maximum atomic E-state index is 5.42. The van der Waals surface area contributed by atoms with Gasteiger partial charge in [0.25, 0.3) is 0 Å². The predicted molar refractivity (Wildman–Crippen MR) is 125 cm³/mol. The van der Waals surface area contributed by atoms with Crippen LogP contribution in [0.15, 0.2) is 47.5 Å². The van der Waals surface area contributed by atoms with Gasteiger partial charge in [0.15, 0.2) is 5.96 Å². The largest absolute Gasteiger partial charge is 0.497 e. The number of guanidine groups is 1. The summed E-state index contributed by atoms with van der Waals surface area (Å²) in [4.78, 5) is 7.13. The van der Waals surface area contributed by atoms with Gasteiger partial charge in [0, 0.05) is 56.7 Å². The number of aliphatic imine (C=N–C) groups is 1. The SMILES string of the molecule is CCNC(=NCc1ccc(COC)cc1)NC1CCN(c2cc(OC)cc(OC)c2)C1. The Balaban J connectivity index is 1.61. The molecule has 1 fully saturated rings. The molecule has 31 heavy (non-hydrogen) atoms. The molecule has 1 unspecified atom stereocenters. The molecule has 0 saturated carbocycles. The van der Waals surface area contributed by atoms with E-state index in [0.29, 0.717) is 19.2 Å². The van der Waals surface area contributed by atoms with Gasteiger partial charge in [-0.1, -0.05) is 24.3 Å². The zero-order valence-electron chi connectivity index (χ0n) is 19.0. The molecule has 7 nitrogen and oxygen atoms in total. The quantitative estimate of drug-likeness (QED) is 0.474. The summed E-state index contributed by atoms with van der Waals surface area (Å²) in [6, 6.07) is 14.7. The first-order chi connectivity index (χ1) is 15.1. The van der Waals surface area contributed by atoms with Gasteiger partial charge in [-0.2, -0.15) is 0 Å². The molecule has 0 amide bonds. The number of ether oxygens (including phenoxy) is 3. The van der Waals surface area contributed by atoms with E-state index in [-0.39, 0.29) is 0 Å². The van der Waals surface area contributed by atoms with Crippen molar-refractivity contribution in [3.63, 3.8) is 0 Å². The molecule has 0 radical (unpaired) electrons. The van der Waals surface area contributed by atoms with Crippen molar-refractivity contribution in [2.24, 2.45) is 4.99 Å². The molecule has 2 aromatic rings. The van der Waals surface area contributed by atoms with Crippen molar-refractivity contribution in [1.82, 2.24) is 10.6 Å². The summed E-state index contributed by atoms with van der Waals surface area (Å²) in [5, 5.41) is 6.95. The molecule has 7 heteroatoms. The van der Waals surface area contributed by atoms with Gasteiger partial charge in [-0.25, -0.2) is 4.99 Å². The Morgan fingerprint density at radius 2 is 1.71 bits per heavy atom. The molecule has 168 valence electrons. The Morgan fingerprint density at radius 1 is 1.03 bits per heavy atom. The molecule has 1 atom stereocenters. The second kappa shape index (κ2) is 11.5. The number of methoxy groups -OCH3 is 3. The van der Waals surface area contributed by atoms with Crippen molar-refractivity contribution >= 4 is 11.6 Å². The molecule has 1 heterocycles. The average Bonchev–Trinajstić information content (AvgIpc) is 3.27. The summed E-state index contributed by atoms with van der Waals surface area (Å²) < 4.78 is 16.0. The van der Waals surface area contributed by atoms with E-state index in [1.165, 1.54) is 11.1 Å². The van der Waals surface area contributed by atoms with Crippen LogP contribution in [-0.4, -0.2) is 53.0 Å². The standard InChI is InChI=1S/C24H34N4O3/c1-5-25-24(26-15-18-6-8-19(9-7-18)17-29-2)27-20-10-11-28(16-20)21-12-22(30-3)14-23(13-21)31-4/h6-9,12-14,20H,5,10-11,15-17H2,1-4H3,(H2,25,26,27). The van der Waals surface area contributed by atoms with Gasteiger partial charge in [-0.15, -0.1) is 0 Å². The van der Waals surface area contributed by atoms with Gasteiger partial charge in [0.2, 0.25) is 0 Å². The number of nitrogens with zero attached hydrogens (tertiary/aromatic N) is 2. The third-order valence-corrected chi connectivity index (χ3v) is 5.33. The van der Waals surface area contributed by atoms with E-state index in [2.05, 4.69) is 58.9 Å². The van der Waals surface area contributed by atoms with Crippen LogP contribution in [0.25, 0.3) is 0 Å². The molecule has 2 aromatic carbocycles. The van der Waals surface area contributed by atoms with Crippen LogP contribution in [0, 0.1) is 0 Å². The lowest BCUT2D eigenvalue weighted by atomic mass is 10.1. The van der Waals surface area contributed by atoms with Crippen molar-refractivity contribution in [2.75, 3.05) is 45.9 Å². The highest BCUT2D eigenvalue weighted by atomic mass is 16.5. The number of anilines is 1. The van der Waals surface area contributed by atoms with Crippen LogP contribution >= 0.6 is 0 Å². The molecule has 0 spiro atoms. The van der Waals surface area contributed by atoms with Gasteiger partial charge in [-0.05, 0) is 24.5 Å². The van der Waals surface area contributed by atoms with Crippen molar-refractivity contribution in [3.05, 3.63) is 53.6 Å². The van der Waals surface area contributed by atoms with Crippen molar-refractivity contribution in [3.8, 4) is 11.5 Å². The third kappa shape index (κ3) is 6.52. The molecule has 0 aromatic heterocycles. The molecule has 1 aliphatic rings. The summed E-state index contributed by atoms with van der Waals surface area (Å²) in [6.07, 6.45) is 1.04. The molecule has 0 bridgehead atoms. The van der Waals surface area contributed by atoms with Crippen molar-refractivity contribution < 1.29 is 14.2 Å². The van der Waals surface area contributed by atoms with E-state index in [1.54, 1.807) is 21.3 Å². The minimum absolute atomic E-state index is 0.319. The maximum Gasteiger partial charge on any atom is 0.191 e. The molecular weight excluding hydrogens is 392 g/mol. The van der Waals surface area contributed by atoms with Crippen LogP contribution in [-0.2, 0) is 17.9 Å². The highest BCUT2D eigenvalue weighted by molar-refractivity contribution is 5.80. The van der Waals surface area contributed by atoms with Crippen LogP contribution in [0.1, 0.15) is 24.5 Å². The fourth-order valence-electron chi connectivity index (χ4n) is 3.68. The summed E-state index contributed by atoms with van der Waals surface area (Å²) in [5.41, 5.74) is 3.45. The van der Waals surface area contributed by atoms with E-state index < -0.39 is 0 Å². The minimum Gasteiger partial charge on any atom is -0.497 e. The summed E-state index contributed by atoms with van der Waals surface area (Å²) in [5.74, 6) is 2.45.